The standard InChI is InChI=1S/C15H11Br2Cl2F3N2.C6H16Si/c1-2-12-8(9-5-14(9,16)17)6-24(23-12)13-10(18)3-7(4-11(13)19)15(20,21)22;1-4-7(5-2)6-3/h3-4,6,9H,2,5H2,1H3;7H,4-6H2,1-3H3. The first-order valence-electron chi connectivity index (χ1n) is 10.4. The van der Waals surface area contributed by atoms with Crippen molar-refractivity contribution in [2.75, 3.05) is 0 Å². The molecule has 1 fully saturated rings. The summed E-state index contributed by atoms with van der Waals surface area (Å²) in [7, 11) is -0.171. The zero-order valence-electron chi connectivity index (χ0n) is 18.0. The van der Waals surface area contributed by atoms with E-state index in [9.17, 15) is 13.2 Å². The molecule has 2 aromatic rings. The van der Waals surface area contributed by atoms with E-state index in [0.29, 0.717) is 6.42 Å². The fraction of sp³-hybridized carbons (Fsp3) is 0.571. The molecule has 1 atom stereocenters. The number of nitrogens with zero attached hydrogens (tertiary/aromatic N) is 2. The second-order valence-electron chi connectivity index (χ2n) is 7.72. The third-order valence-electron chi connectivity index (χ3n) is 5.66. The molecule has 0 amide bonds. The van der Waals surface area contributed by atoms with Crippen LogP contribution in [0.1, 0.15) is 56.9 Å². The van der Waals surface area contributed by atoms with Crippen LogP contribution >= 0.6 is 55.1 Å². The molecule has 1 aliphatic rings. The quantitative estimate of drug-likeness (QED) is 0.232. The number of hydrogen-bond donors (Lipinski definition) is 0. The van der Waals surface area contributed by atoms with E-state index in [-0.39, 0.29) is 33.7 Å². The van der Waals surface area contributed by atoms with E-state index in [2.05, 4.69) is 57.7 Å². The van der Waals surface area contributed by atoms with E-state index in [4.69, 9.17) is 23.2 Å². The minimum absolute atomic E-state index is 0.0914. The Labute approximate surface area is 210 Å². The Kier molecular flexibility index (Phi) is 9.60. The van der Waals surface area contributed by atoms with Crippen molar-refractivity contribution in [1.82, 2.24) is 9.78 Å². The molecule has 1 saturated carbocycles. The summed E-state index contributed by atoms with van der Waals surface area (Å²) in [4.78, 5) is 0. The normalized spacial score (nSPS) is 17.5. The van der Waals surface area contributed by atoms with E-state index < -0.39 is 11.7 Å². The van der Waals surface area contributed by atoms with Crippen LogP contribution in [0, 0.1) is 0 Å². The Morgan fingerprint density at radius 3 is 1.90 bits per heavy atom. The van der Waals surface area contributed by atoms with Gasteiger partial charge in [0.15, 0.2) is 0 Å². The molecule has 0 bridgehead atoms. The summed E-state index contributed by atoms with van der Waals surface area (Å²) in [5.74, 6) is 0.244. The van der Waals surface area contributed by atoms with Crippen LogP contribution in [0.3, 0.4) is 0 Å². The van der Waals surface area contributed by atoms with Crippen LogP contribution in [-0.4, -0.2) is 21.8 Å². The lowest BCUT2D eigenvalue weighted by Gasteiger charge is -2.12. The first kappa shape index (κ1) is 27.2. The molecule has 1 aromatic carbocycles. The van der Waals surface area contributed by atoms with E-state index in [1.807, 2.05) is 6.92 Å². The molecular formula is C21H27Br2Cl2F3N2Si. The lowest BCUT2D eigenvalue weighted by molar-refractivity contribution is -0.137. The Balaban J connectivity index is 0.000000423. The van der Waals surface area contributed by atoms with Crippen LogP contribution in [0.2, 0.25) is 28.2 Å². The van der Waals surface area contributed by atoms with Crippen molar-refractivity contribution in [2.45, 2.75) is 74.0 Å². The average molecular weight is 623 g/mol. The van der Waals surface area contributed by atoms with Gasteiger partial charge in [-0.15, -0.1) is 0 Å². The molecule has 1 aliphatic carbocycles. The first-order valence-corrected chi connectivity index (χ1v) is 15.2. The van der Waals surface area contributed by atoms with Gasteiger partial charge in [0.05, 0.1) is 24.5 Å². The second-order valence-corrected chi connectivity index (χ2v) is 16.6. The van der Waals surface area contributed by atoms with Crippen LogP contribution in [0.25, 0.3) is 5.69 Å². The lowest BCUT2D eigenvalue weighted by Crippen LogP contribution is -2.07. The van der Waals surface area contributed by atoms with Gasteiger partial charge in [0, 0.05) is 20.9 Å². The van der Waals surface area contributed by atoms with Crippen LogP contribution in [-0.2, 0) is 12.6 Å². The largest absolute Gasteiger partial charge is 0.416 e. The smallest absolute Gasteiger partial charge is 0.237 e. The summed E-state index contributed by atoms with van der Waals surface area (Å²) in [6, 6.07) is 6.21. The van der Waals surface area contributed by atoms with Gasteiger partial charge in [-0.1, -0.05) is 101 Å². The zero-order valence-corrected chi connectivity index (χ0v) is 23.8. The van der Waals surface area contributed by atoms with Gasteiger partial charge >= 0.3 is 6.18 Å². The Hall–Kier alpha value is -0.0231. The Morgan fingerprint density at radius 2 is 1.58 bits per heavy atom. The molecule has 2 nitrogen and oxygen atoms in total. The number of hydrogen-bond acceptors (Lipinski definition) is 1. The summed E-state index contributed by atoms with van der Waals surface area (Å²) < 4.78 is 39.9. The molecule has 1 aromatic heterocycles. The fourth-order valence-electron chi connectivity index (χ4n) is 3.47. The maximum atomic E-state index is 12.9. The van der Waals surface area contributed by atoms with E-state index in [0.717, 1.165) is 29.8 Å². The predicted octanol–water partition coefficient (Wildman–Crippen LogP) is 9.01. The minimum Gasteiger partial charge on any atom is -0.237 e. The van der Waals surface area contributed by atoms with Crippen molar-refractivity contribution in [3.8, 4) is 5.69 Å². The molecule has 0 spiro atoms. The molecular weight excluding hydrogens is 596 g/mol. The molecule has 0 saturated heterocycles. The number of aromatic nitrogens is 2. The van der Waals surface area contributed by atoms with Gasteiger partial charge in [-0.2, -0.15) is 18.3 Å². The third kappa shape index (κ3) is 6.75. The maximum Gasteiger partial charge on any atom is 0.416 e. The summed E-state index contributed by atoms with van der Waals surface area (Å²) in [6.07, 6.45) is -1.12. The zero-order chi connectivity index (χ0) is 23.6. The highest BCUT2D eigenvalue weighted by Crippen LogP contribution is 2.62. The van der Waals surface area contributed by atoms with Crippen molar-refractivity contribution in [2.24, 2.45) is 0 Å². The summed E-state index contributed by atoms with van der Waals surface area (Å²) in [5.41, 5.74) is 1.26. The molecule has 1 unspecified atom stereocenters. The lowest BCUT2D eigenvalue weighted by atomic mass is 10.1. The highest BCUT2D eigenvalue weighted by molar-refractivity contribution is 9.25. The SMILES string of the molecule is CC[SiH](CC)CC.CCc1nn(-c2c(Cl)cc(C(F)(F)F)cc2Cl)cc1C1CC1(Br)Br. The number of alkyl halides is 5. The van der Waals surface area contributed by atoms with Gasteiger partial charge in [0.1, 0.15) is 5.69 Å². The van der Waals surface area contributed by atoms with Crippen LogP contribution in [0.15, 0.2) is 18.3 Å². The van der Waals surface area contributed by atoms with E-state index in [1.165, 1.54) is 22.8 Å². The van der Waals surface area contributed by atoms with Crippen molar-refractivity contribution < 1.29 is 13.2 Å². The number of aryl methyl sites for hydroxylation is 1. The van der Waals surface area contributed by atoms with Crippen molar-refractivity contribution >= 4 is 63.9 Å². The van der Waals surface area contributed by atoms with Gasteiger partial charge in [0.25, 0.3) is 0 Å². The highest BCUT2D eigenvalue weighted by atomic mass is 79.9. The van der Waals surface area contributed by atoms with Crippen LogP contribution in [0.4, 0.5) is 13.2 Å². The predicted molar refractivity (Wildman–Crippen MR) is 134 cm³/mol. The van der Waals surface area contributed by atoms with Crippen LogP contribution in [0.5, 0.6) is 0 Å². The van der Waals surface area contributed by atoms with Gasteiger partial charge in [0.2, 0.25) is 0 Å². The third-order valence-corrected chi connectivity index (χ3v) is 11.5. The monoisotopic (exact) mass is 620 g/mol. The molecule has 0 radical (unpaired) electrons. The molecule has 10 heteroatoms. The Morgan fingerprint density at radius 1 is 1.10 bits per heavy atom. The van der Waals surface area contributed by atoms with Crippen molar-refractivity contribution in [3.05, 3.63) is 45.2 Å². The maximum absolute atomic E-state index is 12.9. The Bertz CT molecular complexity index is 871. The van der Waals surface area contributed by atoms with Crippen molar-refractivity contribution in [3.63, 3.8) is 0 Å². The van der Waals surface area contributed by atoms with Gasteiger partial charge < -0.3 is 0 Å². The van der Waals surface area contributed by atoms with Crippen molar-refractivity contribution in [1.29, 1.82) is 0 Å². The summed E-state index contributed by atoms with van der Waals surface area (Å²) >= 11 is 19.3. The fourth-order valence-corrected chi connectivity index (χ4v) is 7.00. The molecule has 0 aliphatic heterocycles. The second kappa shape index (κ2) is 10.9. The van der Waals surface area contributed by atoms with E-state index >= 15 is 0 Å². The minimum atomic E-state index is -4.50. The summed E-state index contributed by atoms with van der Waals surface area (Å²) in [6.45, 7) is 8.94. The van der Waals surface area contributed by atoms with E-state index in [1.54, 1.807) is 6.20 Å². The molecule has 1 heterocycles. The number of rotatable bonds is 6. The number of benzene rings is 1. The highest BCUT2D eigenvalue weighted by Gasteiger charge is 2.52. The van der Waals surface area contributed by atoms with Gasteiger partial charge in [-0.3, -0.25) is 0 Å². The average Bonchev–Trinajstić information content (AvgIpc) is 3.12. The molecule has 31 heavy (non-hydrogen) atoms. The first-order chi connectivity index (χ1) is 14.4. The summed E-state index contributed by atoms with van der Waals surface area (Å²) in [5, 5.41) is 4.28. The molecule has 174 valence electrons. The molecule has 0 N–H and O–H groups in total. The van der Waals surface area contributed by atoms with Gasteiger partial charge in [-0.25, -0.2) is 4.68 Å². The van der Waals surface area contributed by atoms with Gasteiger partial charge in [-0.05, 0) is 30.5 Å². The van der Waals surface area contributed by atoms with Crippen LogP contribution < -0.4 is 0 Å². The number of halogens is 7. The topological polar surface area (TPSA) is 17.8 Å². The molecule has 3 rings (SSSR count).